The fraction of sp³-hybridized carbons (Fsp3) is 0.333. The minimum Gasteiger partial charge on any atom is -0.476 e. The summed E-state index contributed by atoms with van der Waals surface area (Å²) in [5.74, 6) is 0.604. The molecule has 2 N–H and O–H groups in total. The Labute approximate surface area is 94.5 Å². The number of nitrogens with zero attached hydrogens (tertiary/aromatic N) is 2. The minimum absolute atomic E-state index is 0.588. The fourth-order valence-electron chi connectivity index (χ4n) is 1.46. The van der Waals surface area contributed by atoms with Gasteiger partial charge in [-0.15, -0.1) is 0 Å². The van der Waals surface area contributed by atoms with Crippen LogP contribution in [0.2, 0.25) is 0 Å². The smallest absolute Gasteiger partial charge is 0.235 e. The Hall–Kier alpha value is -1.68. The number of hydrogen-bond acceptors (Lipinski definition) is 4. The molecule has 4 nitrogen and oxygen atoms in total. The van der Waals surface area contributed by atoms with Crippen molar-refractivity contribution in [1.82, 2.24) is 9.97 Å². The summed E-state index contributed by atoms with van der Waals surface area (Å²) in [5.41, 5.74) is 7.97. The number of ether oxygens (including phenoxy) is 1. The number of fused-ring (bicyclic) bond motifs is 1. The zero-order chi connectivity index (χ0) is 11.4. The lowest BCUT2D eigenvalue weighted by Crippen LogP contribution is -2.08. The van der Waals surface area contributed by atoms with Crippen molar-refractivity contribution < 1.29 is 4.74 Å². The number of benzene rings is 1. The van der Waals surface area contributed by atoms with Crippen LogP contribution in [0.15, 0.2) is 24.3 Å². The standard InChI is InChI=1S/C12H15N3O/c1-9-12(16-8-4-7-13)15-11-6-3-2-5-10(11)14-9/h2-3,5-6H,4,7-8,13H2,1H3. The van der Waals surface area contributed by atoms with E-state index in [-0.39, 0.29) is 0 Å². The first kappa shape index (κ1) is 10.8. The Kier molecular flexibility index (Phi) is 3.31. The Morgan fingerprint density at radius 2 is 1.88 bits per heavy atom. The van der Waals surface area contributed by atoms with Crippen LogP contribution >= 0.6 is 0 Å². The number of para-hydroxylation sites is 2. The van der Waals surface area contributed by atoms with Crippen LogP contribution in [0.25, 0.3) is 11.0 Å². The molecule has 0 atom stereocenters. The van der Waals surface area contributed by atoms with Crippen LogP contribution in [0, 0.1) is 6.92 Å². The molecule has 16 heavy (non-hydrogen) atoms. The van der Waals surface area contributed by atoms with E-state index >= 15 is 0 Å². The van der Waals surface area contributed by atoms with E-state index in [1.807, 2.05) is 31.2 Å². The third-order valence-corrected chi connectivity index (χ3v) is 2.29. The molecule has 0 saturated heterocycles. The number of aromatic nitrogens is 2. The van der Waals surface area contributed by atoms with E-state index in [0.717, 1.165) is 23.1 Å². The van der Waals surface area contributed by atoms with Gasteiger partial charge in [0.25, 0.3) is 0 Å². The summed E-state index contributed by atoms with van der Waals surface area (Å²) in [6.45, 7) is 3.11. The molecule has 2 aromatic rings. The molecule has 0 spiro atoms. The van der Waals surface area contributed by atoms with Gasteiger partial charge in [-0.2, -0.15) is 0 Å². The Bertz CT molecular complexity index is 485. The van der Waals surface area contributed by atoms with Crippen molar-refractivity contribution in [3.63, 3.8) is 0 Å². The molecule has 0 radical (unpaired) electrons. The van der Waals surface area contributed by atoms with Crippen molar-refractivity contribution in [1.29, 1.82) is 0 Å². The normalized spacial score (nSPS) is 10.6. The predicted octanol–water partition coefficient (Wildman–Crippen LogP) is 1.67. The van der Waals surface area contributed by atoms with E-state index in [1.165, 1.54) is 0 Å². The van der Waals surface area contributed by atoms with E-state index in [4.69, 9.17) is 10.5 Å². The van der Waals surface area contributed by atoms with Gasteiger partial charge in [-0.1, -0.05) is 12.1 Å². The maximum atomic E-state index is 5.53. The van der Waals surface area contributed by atoms with E-state index in [0.29, 0.717) is 19.0 Å². The van der Waals surface area contributed by atoms with E-state index < -0.39 is 0 Å². The third kappa shape index (κ3) is 2.28. The van der Waals surface area contributed by atoms with Gasteiger partial charge in [0.05, 0.1) is 17.6 Å². The molecule has 0 unspecified atom stereocenters. The second-order valence-electron chi connectivity index (χ2n) is 3.59. The first-order valence-corrected chi connectivity index (χ1v) is 5.37. The number of hydrogen-bond donors (Lipinski definition) is 1. The Balaban J connectivity index is 2.27. The van der Waals surface area contributed by atoms with Crippen LogP contribution in [0.5, 0.6) is 5.88 Å². The minimum atomic E-state index is 0.588. The molecule has 0 fully saturated rings. The molecule has 0 amide bonds. The second kappa shape index (κ2) is 4.90. The van der Waals surface area contributed by atoms with Gasteiger partial charge in [-0.3, -0.25) is 0 Å². The SMILES string of the molecule is Cc1nc2ccccc2nc1OCCCN. The lowest BCUT2D eigenvalue weighted by atomic mass is 10.3. The van der Waals surface area contributed by atoms with Crippen molar-refractivity contribution in [3.05, 3.63) is 30.0 Å². The van der Waals surface area contributed by atoms with Crippen LogP contribution < -0.4 is 10.5 Å². The maximum absolute atomic E-state index is 5.53. The summed E-state index contributed by atoms with van der Waals surface area (Å²) in [6.07, 6.45) is 0.827. The first-order valence-electron chi connectivity index (χ1n) is 5.37. The highest BCUT2D eigenvalue weighted by Crippen LogP contribution is 2.17. The average Bonchev–Trinajstić information content (AvgIpc) is 2.30. The van der Waals surface area contributed by atoms with Gasteiger partial charge < -0.3 is 10.5 Å². The second-order valence-corrected chi connectivity index (χ2v) is 3.59. The summed E-state index contributed by atoms with van der Waals surface area (Å²) >= 11 is 0. The summed E-state index contributed by atoms with van der Waals surface area (Å²) in [7, 11) is 0. The van der Waals surface area contributed by atoms with Gasteiger partial charge >= 0.3 is 0 Å². The third-order valence-electron chi connectivity index (χ3n) is 2.29. The van der Waals surface area contributed by atoms with E-state index in [1.54, 1.807) is 0 Å². The number of aryl methyl sites for hydroxylation is 1. The van der Waals surface area contributed by atoms with Crippen molar-refractivity contribution in [2.45, 2.75) is 13.3 Å². The molecular weight excluding hydrogens is 202 g/mol. The van der Waals surface area contributed by atoms with Gasteiger partial charge in [0.15, 0.2) is 0 Å². The molecule has 1 aromatic carbocycles. The molecule has 0 aliphatic carbocycles. The highest BCUT2D eigenvalue weighted by atomic mass is 16.5. The van der Waals surface area contributed by atoms with E-state index in [2.05, 4.69) is 9.97 Å². The molecule has 0 aliphatic heterocycles. The van der Waals surface area contributed by atoms with Gasteiger partial charge in [-0.05, 0) is 32.0 Å². The van der Waals surface area contributed by atoms with Gasteiger partial charge in [0, 0.05) is 0 Å². The highest BCUT2D eigenvalue weighted by Gasteiger charge is 2.05. The van der Waals surface area contributed by atoms with E-state index in [9.17, 15) is 0 Å². The molecule has 1 aromatic heterocycles. The Morgan fingerprint density at radius 1 is 1.19 bits per heavy atom. The quantitative estimate of drug-likeness (QED) is 0.791. The number of nitrogens with two attached hydrogens (primary N) is 1. The monoisotopic (exact) mass is 217 g/mol. The molecule has 1 heterocycles. The van der Waals surface area contributed by atoms with Crippen LogP contribution in [-0.4, -0.2) is 23.1 Å². The highest BCUT2D eigenvalue weighted by molar-refractivity contribution is 5.74. The average molecular weight is 217 g/mol. The van der Waals surface area contributed by atoms with Crippen molar-refractivity contribution in [3.8, 4) is 5.88 Å². The van der Waals surface area contributed by atoms with Crippen molar-refractivity contribution in [2.24, 2.45) is 5.73 Å². The molecule has 84 valence electrons. The molecular formula is C12H15N3O. The molecule has 0 aliphatic rings. The van der Waals surface area contributed by atoms with Gasteiger partial charge in [0.1, 0.15) is 5.69 Å². The van der Waals surface area contributed by atoms with Crippen LogP contribution in [-0.2, 0) is 0 Å². The lowest BCUT2D eigenvalue weighted by Gasteiger charge is -2.07. The lowest BCUT2D eigenvalue weighted by molar-refractivity contribution is 0.299. The van der Waals surface area contributed by atoms with Crippen molar-refractivity contribution in [2.75, 3.05) is 13.2 Å². The summed E-state index contributed by atoms with van der Waals surface area (Å²) in [4.78, 5) is 8.86. The molecule has 2 rings (SSSR count). The van der Waals surface area contributed by atoms with Crippen LogP contribution in [0.4, 0.5) is 0 Å². The zero-order valence-electron chi connectivity index (χ0n) is 9.31. The number of rotatable bonds is 4. The predicted molar refractivity (Wildman–Crippen MR) is 63.4 cm³/mol. The Morgan fingerprint density at radius 3 is 2.56 bits per heavy atom. The summed E-state index contributed by atoms with van der Waals surface area (Å²) in [6, 6.07) is 7.76. The molecule has 0 saturated carbocycles. The topological polar surface area (TPSA) is 61.0 Å². The zero-order valence-corrected chi connectivity index (χ0v) is 9.31. The van der Waals surface area contributed by atoms with Gasteiger partial charge in [0.2, 0.25) is 5.88 Å². The summed E-state index contributed by atoms with van der Waals surface area (Å²) in [5, 5.41) is 0. The largest absolute Gasteiger partial charge is 0.476 e. The first-order chi connectivity index (χ1) is 7.81. The summed E-state index contributed by atoms with van der Waals surface area (Å²) < 4.78 is 5.53. The fourth-order valence-corrected chi connectivity index (χ4v) is 1.46. The maximum Gasteiger partial charge on any atom is 0.235 e. The van der Waals surface area contributed by atoms with Gasteiger partial charge in [-0.25, -0.2) is 9.97 Å². The van der Waals surface area contributed by atoms with Crippen molar-refractivity contribution >= 4 is 11.0 Å². The molecule has 4 heteroatoms. The van der Waals surface area contributed by atoms with Crippen LogP contribution in [0.1, 0.15) is 12.1 Å². The van der Waals surface area contributed by atoms with Crippen LogP contribution in [0.3, 0.4) is 0 Å². The molecule has 0 bridgehead atoms.